The number of sulfonamides is 1. The molecule has 0 radical (unpaired) electrons. The summed E-state index contributed by atoms with van der Waals surface area (Å²) < 4.78 is 31.3. The van der Waals surface area contributed by atoms with Gasteiger partial charge in [-0.1, -0.05) is 5.16 Å². The van der Waals surface area contributed by atoms with Gasteiger partial charge in [0.05, 0.1) is 0 Å². The van der Waals surface area contributed by atoms with Gasteiger partial charge in [0, 0.05) is 13.0 Å². The van der Waals surface area contributed by atoms with E-state index in [1.807, 2.05) is 0 Å². The highest BCUT2D eigenvalue weighted by molar-refractivity contribution is 7.89. The number of aryl methyl sites for hydroxylation is 2. The average Bonchev–Trinajstić information content (AvgIpc) is 2.89. The first-order chi connectivity index (χ1) is 8.50. The lowest BCUT2D eigenvalue weighted by atomic mass is 10.4. The fraction of sp³-hybridized carbons (Fsp3) is 0.444. The Kier molecular flexibility index (Phi) is 3.43. The minimum atomic E-state index is -3.60. The molecule has 2 aromatic rings. The number of nitrogens with one attached hydrogen (secondary N) is 2. The number of rotatable bonds is 5. The molecule has 0 amide bonds. The molecule has 2 heterocycles. The van der Waals surface area contributed by atoms with Gasteiger partial charge in [0.15, 0.2) is 5.76 Å². The molecule has 0 aliphatic heterocycles. The molecule has 8 nitrogen and oxygen atoms in total. The lowest BCUT2D eigenvalue weighted by Crippen LogP contribution is -2.27. The van der Waals surface area contributed by atoms with E-state index < -0.39 is 10.0 Å². The molecule has 2 rings (SSSR count). The molecular formula is C9H13N5O3S. The van der Waals surface area contributed by atoms with Crippen LogP contribution in [0.4, 0.5) is 0 Å². The lowest BCUT2D eigenvalue weighted by molar-refractivity contribution is 0.390. The molecule has 0 fully saturated rings. The van der Waals surface area contributed by atoms with E-state index in [4.69, 9.17) is 4.52 Å². The van der Waals surface area contributed by atoms with Crippen molar-refractivity contribution in [3.05, 3.63) is 23.6 Å². The first-order valence-electron chi connectivity index (χ1n) is 5.27. The monoisotopic (exact) mass is 271 g/mol. The van der Waals surface area contributed by atoms with Crippen molar-refractivity contribution in [3.8, 4) is 0 Å². The summed E-state index contributed by atoms with van der Waals surface area (Å²) in [5, 5.41) is 9.95. The highest BCUT2D eigenvalue weighted by atomic mass is 32.2. The lowest BCUT2D eigenvalue weighted by Gasteiger charge is -2.04. The highest BCUT2D eigenvalue weighted by Crippen LogP contribution is 2.18. The molecule has 0 bridgehead atoms. The van der Waals surface area contributed by atoms with Crippen molar-refractivity contribution in [2.75, 3.05) is 6.54 Å². The Bertz CT molecular complexity index is 597. The van der Waals surface area contributed by atoms with Crippen molar-refractivity contribution >= 4 is 10.0 Å². The van der Waals surface area contributed by atoms with E-state index in [0.29, 0.717) is 17.9 Å². The summed E-state index contributed by atoms with van der Waals surface area (Å²) in [6.07, 6.45) is 1.81. The molecule has 2 N–H and O–H groups in total. The van der Waals surface area contributed by atoms with Gasteiger partial charge in [-0.05, 0) is 13.8 Å². The fourth-order valence-electron chi connectivity index (χ4n) is 1.59. The first-order valence-corrected chi connectivity index (χ1v) is 6.76. The minimum absolute atomic E-state index is 0.0973. The molecule has 0 unspecified atom stereocenters. The van der Waals surface area contributed by atoms with Crippen molar-refractivity contribution < 1.29 is 12.9 Å². The molecule has 0 aliphatic carbocycles. The summed E-state index contributed by atoms with van der Waals surface area (Å²) in [5.74, 6) is 0.899. The first kappa shape index (κ1) is 12.7. The Balaban J connectivity index is 2.04. The van der Waals surface area contributed by atoms with Crippen LogP contribution in [0.1, 0.15) is 17.3 Å². The molecule has 0 saturated heterocycles. The van der Waals surface area contributed by atoms with Gasteiger partial charge in [0.25, 0.3) is 0 Å². The Morgan fingerprint density at radius 2 is 2.22 bits per heavy atom. The third-order valence-electron chi connectivity index (χ3n) is 2.36. The molecule has 0 spiro atoms. The maximum Gasteiger partial charge on any atom is 0.245 e. The van der Waals surface area contributed by atoms with Gasteiger partial charge in [-0.2, -0.15) is 5.10 Å². The molecular weight excluding hydrogens is 258 g/mol. The normalized spacial score (nSPS) is 11.9. The van der Waals surface area contributed by atoms with Gasteiger partial charge in [0.1, 0.15) is 22.7 Å². The second kappa shape index (κ2) is 4.86. The van der Waals surface area contributed by atoms with Crippen LogP contribution in [0.15, 0.2) is 15.7 Å². The highest BCUT2D eigenvalue weighted by Gasteiger charge is 2.23. The van der Waals surface area contributed by atoms with Crippen molar-refractivity contribution in [2.45, 2.75) is 25.2 Å². The van der Waals surface area contributed by atoms with Crippen LogP contribution in [-0.4, -0.2) is 35.3 Å². The van der Waals surface area contributed by atoms with Gasteiger partial charge in [-0.25, -0.2) is 18.1 Å². The number of aromatic amines is 1. The van der Waals surface area contributed by atoms with Crippen molar-refractivity contribution in [3.63, 3.8) is 0 Å². The SMILES string of the molecule is Cc1noc(C)c1S(=O)(=O)NCCc1ncn[nH]1. The van der Waals surface area contributed by atoms with E-state index in [0.717, 1.165) is 0 Å². The quantitative estimate of drug-likeness (QED) is 0.787. The predicted molar refractivity (Wildman–Crippen MR) is 61.3 cm³/mol. The average molecular weight is 271 g/mol. The van der Waals surface area contributed by atoms with Gasteiger partial charge in [-0.15, -0.1) is 0 Å². The van der Waals surface area contributed by atoms with Crippen LogP contribution in [0.3, 0.4) is 0 Å². The smallest absolute Gasteiger partial charge is 0.245 e. The zero-order valence-corrected chi connectivity index (χ0v) is 10.8. The Hall–Kier alpha value is -1.74. The van der Waals surface area contributed by atoms with Crippen molar-refractivity contribution in [2.24, 2.45) is 0 Å². The molecule has 18 heavy (non-hydrogen) atoms. The van der Waals surface area contributed by atoms with E-state index in [-0.39, 0.29) is 17.2 Å². The summed E-state index contributed by atoms with van der Waals surface area (Å²) in [6.45, 7) is 3.37. The zero-order valence-electron chi connectivity index (χ0n) is 9.97. The number of nitrogens with zero attached hydrogens (tertiary/aromatic N) is 3. The number of H-pyrrole nitrogens is 1. The van der Waals surface area contributed by atoms with Gasteiger partial charge >= 0.3 is 0 Å². The van der Waals surface area contributed by atoms with Crippen LogP contribution in [0.5, 0.6) is 0 Å². The molecule has 0 saturated carbocycles. The summed E-state index contributed by atoms with van der Waals surface area (Å²) in [6, 6.07) is 0. The largest absolute Gasteiger partial charge is 0.360 e. The maximum atomic E-state index is 12.0. The standard InChI is InChI=1S/C9H13N5O3S/c1-6-9(7(2)17-14-6)18(15,16)12-4-3-8-10-5-11-13-8/h5,12H,3-4H2,1-2H3,(H,10,11,13). The Morgan fingerprint density at radius 1 is 1.44 bits per heavy atom. The predicted octanol–water partition coefficient (Wildman–Crippen LogP) is -0.0695. The number of aromatic nitrogens is 4. The van der Waals surface area contributed by atoms with Crippen LogP contribution < -0.4 is 4.72 Å². The maximum absolute atomic E-state index is 12.0. The molecule has 9 heteroatoms. The second-order valence-electron chi connectivity index (χ2n) is 3.73. The van der Waals surface area contributed by atoms with E-state index in [2.05, 4.69) is 25.1 Å². The topological polar surface area (TPSA) is 114 Å². The van der Waals surface area contributed by atoms with Crippen LogP contribution in [0.2, 0.25) is 0 Å². The van der Waals surface area contributed by atoms with Crippen LogP contribution in [0.25, 0.3) is 0 Å². The van der Waals surface area contributed by atoms with Crippen LogP contribution in [-0.2, 0) is 16.4 Å². The molecule has 2 aromatic heterocycles. The fourth-order valence-corrected chi connectivity index (χ4v) is 2.94. The van der Waals surface area contributed by atoms with Crippen LogP contribution in [0, 0.1) is 13.8 Å². The zero-order chi connectivity index (χ0) is 13.2. The van der Waals surface area contributed by atoms with E-state index in [9.17, 15) is 8.42 Å². The molecule has 0 atom stereocenters. The summed E-state index contributed by atoms with van der Waals surface area (Å²) >= 11 is 0. The third-order valence-corrected chi connectivity index (χ3v) is 4.06. The summed E-state index contributed by atoms with van der Waals surface area (Å²) in [5.41, 5.74) is 0.347. The summed E-state index contributed by atoms with van der Waals surface area (Å²) in [4.78, 5) is 4.00. The van der Waals surface area contributed by atoms with Gasteiger partial charge in [0.2, 0.25) is 10.0 Å². The van der Waals surface area contributed by atoms with E-state index in [1.165, 1.54) is 6.33 Å². The van der Waals surface area contributed by atoms with E-state index in [1.54, 1.807) is 13.8 Å². The second-order valence-corrected chi connectivity index (χ2v) is 5.44. The molecule has 0 aliphatic rings. The van der Waals surface area contributed by atoms with Gasteiger partial charge < -0.3 is 4.52 Å². The summed E-state index contributed by atoms with van der Waals surface area (Å²) in [7, 11) is -3.60. The molecule has 98 valence electrons. The third kappa shape index (κ3) is 2.57. The number of hydrogen-bond donors (Lipinski definition) is 2. The molecule has 0 aromatic carbocycles. The van der Waals surface area contributed by atoms with Gasteiger partial charge in [-0.3, -0.25) is 5.10 Å². The van der Waals surface area contributed by atoms with Crippen molar-refractivity contribution in [1.82, 2.24) is 25.1 Å². The van der Waals surface area contributed by atoms with E-state index >= 15 is 0 Å². The van der Waals surface area contributed by atoms with Crippen molar-refractivity contribution in [1.29, 1.82) is 0 Å². The number of hydrogen-bond acceptors (Lipinski definition) is 6. The van der Waals surface area contributed by atoms with Crippen LogP contribution >= 0.6 is 0 Å². The minimum Gasteiger partial charge on any atom is -0.360 e. The Labute approximate surface area is 104 Å². The Morgan fingerprint density at radius 3 is 2.78 bits per heavy atom.